The summed E-state index contributed by atoms with van der Waals surface area (Å²) in [6.07, 6.45) is 7.35. The summed E-state index contributed by atoms with van der Waals surface area (Å²) in [4.78, 5) is 21.3. The lowest BCUT2D eigenvalue weighted by Crippen LogP contribution is -2.13. The number of oxazole rings is 1. The minimum Gasteiger partial charge on any atom is -0.497 e. The van der Waals surface area contributed by atoms with Gasteiger partial charge in [0.05, 0.1) is 14.2 Å². The number of pyridine rings is 1. The van der Waals surface area contributed by atoms with Gasteiger partial charge in [-0.15, -0.1) is 0 Å². The summed E-state index contributed by atoms with van der Waals surface area (Å²) in [5.74, 6) is 1.48. The van der Waals surface area contributed by atoms with Crippen molar-refractivity contribution in [3.05, 3.63) is 77.9 Å². The second kappa shape index (κ2) is 8.02. The highest BCUT2D eigenvalue weighted by molar-refractivity contribution is 6.06. The standard InChI is InChI=1S/C22H19N3O4/c1-27-17-10-8-14(9-11-18(17)28-2)21(26)24-16-6-3-5-15(13-16)22-25-20-19(29-22)7-4-12-23-20/h3-10,12-13H,11H2,1-2H3,(H,24,26). The van der Waals surface area contributed by atoms with Crippen molar-refractivity contribution < 1.29 is 18.7 Å². The maximum atomic E-state index is 12.7. The smallest absolute Gasteiger partial charge is 0.255 e. The number of carbonyl (C=O) groups is 1. The molecule has 0 bridgehead atoms. The van der Waals surface area contributed by atoms with Gasteiger partial charge in [-0.3, -0.25) is 4.79 Å². The molecule has 0 saturated heterocycles. The van der Waals surface area contributed by atoms with Gasteiger partial charge < -0.3 is 19.2 Å². The molecule has 3 aromatic rings. The Morgan fingerprint density at radius 1 is 1.14 bits per heavy atom. The Morgan fingerprint density at radius 2 is 2.03 bits per heavy atom. The minimum absolute atomic E-state index is 0.231. The highest BCUT2D eigenvalue weighted by atomic mass is 16.5. The van der Waals surface area contributed by atoms with E-state index < -0.39 is 0 Å². The molecule has 2 aromatic heterocycles. The van der Waals surface area contributed by atoms with Crippen LogP contribution in [0.5, 0.6) is 0 Å². The van der Waals surface area contributed by atoms with Crippen LogP contribution in [0, 0.1) is 0 Å². The summed E-state index contributed by atoms with van der Waals surface area (Å²) in [6, 6.07) is 10.9. The van der Waals surface area contributed by atoms with E-state index >= 15 is 0 Å². The molecular formula is C22H19N3O4. The van der Waals surface area contributed by atoms with Gasteiger partial charge in [0.1, 0.15) is 5.76 Å². The van der Waals surface area contributed by atoms with E-state index in [1.165, 1.54) is 0 Å². The van der Waals surface area contributed by atoms with Crippen LogP contribution in [0.15, 0.2) is 82.3 Å². The molecule has 4 rings (SSSR count). The Labute approximate surface area is 167 Å². The summed E-state index contributed by atoms with van der Waals surface area (Å²) in [5, 5.41) is 2.91. The third-order valence-corrected chi connectivity index (χ3v) is 4.46. The van der Waals surface area contributed by atoms with E-state index in [1.54, 1.807) is 44.7 Å². The second-order valence-electron chi connectivity index (χ2n) is 6.27. The molecule has 7 heteroatoms. The fourth-order valence-corrected chi connectivity index (χ4v) is 2.99. The van der Waals surface area contributed by atoms with Crippen molar-refractivity contribution in [1.82, 2.24) is 9.97 Å². The highest BCUT2D eigenvalue weighted by Crippen LogP contribution is 2.26. The number of fused-ring (bicyclic) bond motifs is 1. The van der Waals surface area contributed by atoms with Gasteiger partial charge in [0, 0.05) is 29.4 Å². The predicted molar refractivity (Wildman–Crippen MR) is 109 cm³/mol. The first-order valence-corrected chi connectivity index (χ1v) is 9.00. The summed E-state index contributed by atoms with van der Waals surface area (Å²) < 4.78 is 16.4. The fraction of sp³-hybridized carbons (Fsp3) is 0.136. The van der Waals surface area contributed by atoms with Gasteiger partial charge in [0.25, 0.3) is 5.91 Å². The average Bonchev–Trinajstić information content (AvgIpc) is 3.07. The van der Waals surface area contributed by atoms with Gasteiger partial charge in [0.15, 0.2) is 17.0 Å². The fourth-order valence-electron chi connectivity index (χ4n) is 2.99. The van der Waals surface area contributed by atoms with Crippen molar-refractivity contribution in [2.45, 2.75) is 6.42 Å². The molecule has 0 unspecified atom stereocenters. The first-order valence-electron chi connectivity index (χ1n) is 9.00. The van der Waals surface area contributed by atoms with Crippen LogP contribution in [0.1, 0.15) is 6.42 Å². The molecule has 2 heterocycles. The molecule has 0 saturated carbocycles. The third kappa shape index (κ3) is 3.89. The molecule has 0 radical (unpaired) electrons. The molecule has 0 atom stereocenters. The third-order valence-electron chi connectivity index (χ3n) is 4.46. The Balaban J connectivity index is 1.54. The number of anilines is 1. The number of hydrogen-bond donors (Lipinski definition) is 1. The van der Waals surface area contributed by atoms with Crippen molar-refractivity contribution in [2.75, 3.05) is 19.5 Å². The quantitative estimate of drug-likeness (QED) is 0.703. The van der Waals surface area contributed by atoms with E-state index in [4.69, 9.17) is 13.9 Å². The van der Waals surface area contributed by atoms with Gasteiger partial charge in [-0.2, -0.15) is 4.98 Å². The molecule has 0 spiro atoms. The predicted octanol–water partition coefficient (Wildman–Crippen LogP) is 4.22. The molecule has 0 aliphatic heterocycles. The maximum Gasteiger partial charge on any atom is 0.255 e. The number of methoxy groups -OCH3 is 2. The van der Waals surface area contributed by atoms with Gasteiger partial charge in [0.2, 0.25) is 5.89 Å². The molecular weight excluding hydrogens is 370 g/mol. The minimum atomic E-state index is -0.231. The summed E-state index contributed by atoms with van der Waals surface area (Å²) >= 11 is 0. The number of hydrogen-bond acceptors (Lipinski definition) is 6. The van der Waals surface area contributed by atoms with Crippen molar-refractivity contribution in [3.63, 3.8) is 0 Å². The lowest BCUT2D eigenvalue weighted by molar-refractivity contribution is -0.112. The van der Waals surface area contributed by atoms with E-state index in [1.807, 2.05) is 30.3 Å². The molecule has 1 aromatic carbocycles. The first-order chi connectivity index (χ1) is 14.2. The average molecular weight is 389 g/mol. The number of carbonyl (C=O) groups excluding carboxylic acids is 1. The van der Waals surface area contributed by atoms with E-state index in [9.17, 15) is 4.79 Å². The number of amides is 1. The Bertz CT molecular complexity index is 1120. The first kappa shape index (κ1) is 18.5. The number of nitrogens with zero attached hydrogens (tertiary/aromatic N) is 2. The zero-order chi connectivity index (χ0) is 20.2. The molecule has 1 amide bonds. The van der Waals surface area contributed by atoms with Crippen LogP contribution in [0.4, 0.5) is 5.69 Å². The molecule has 0 fully saturated rings. The molecule has 7 nitrogen and oxygen atoms in total. The van der Waals surface area contributed by atoms with Gasteiger partial charge in [-0.05, 0) is 42.5 Å². The maximum absolute atomic E-state index is 12.7. The Morgan fingerprint density at radius 3 is 2.83 bits per heavy atom. The van der Waals surface area contributed by atoms with Crippen LogP contribution in [-0.2, 0) is 14.3 Å². The number of rotatable bonds is 5. The number of benzene rings is 1. The molecule has 1 aliphatic carbocycles. The van der Waals surface area contributed by atoms with Gasteiger partial charge >= 0.3 is 0 Å². The SMILES string of the molecule is COC1=C(OC)CC=C(C(=O)Nc2cccc(-c3nc4ncccc4o3)c2)C=C1. The largest absolute Gasteiger partial charge is 0.497 e. The van der Waals surface area contributed by atoms with Crippen molar-refractivity contribution in [1.29, 1.82) is 0 Å². The van der Waals surface area contributed by atoms with Crippen LogP contribution in [-0.4, -0.2) is 30.1 Å². The number of ether oxygens (including phenoxy) is 2. The lowest BCUT2D eigenvalue weighted by Gasteiger charge is -2.07. The van der Waals surface area contributed by atoms with Crippen molar-refractivity contribution in [3.8, 4) is 11.5 Å². The molecule has 1 N–H and O–H groups in total. The Kier molecular flexibility index (Phi) is 5.11. The summed E-state index contributed by atoms with van der Waals surface area (Å²) in [7, 11) is 3.14. The van der Waals surface area contributed by atoms with Crippen molar-refractivity contribution >= 4 is 22.8 Å². The van der Waals surface area contributed by atoms with Crippen LogP contribution in [0.25, 0.3) is 22.7 Å². The van der Waals surface area contributed by atoms with Gasteiger partial charge in [-0.1, -0.05) is 12.1 Å². The highest BCUT2D eigenvalue weighted by Gasteiger charge is 2.14. The van der Waals surface area contributed by atoms with Crippen LogP contribution in [0.3, 0.4) is 0 Å². The van der Waals surface area contributed by atoms with Crippen LogP contribution in [0.2, 0.25) is 0 Å². The van der Waals surface area contributed by atoms with Crippen molar-refractivity contribution in [2.24, 2.45) is 0 Å². The van der Waals surface area contributed by atoms with E-state index in [-0.39, 0.29) is 5.91 Å². The molecule has 1 aliphatic rings. The van der Waals surface area contributed by atoms with E-state index in [2.05, 4.69) is 15.3 Å². The summed E-state index contributed by atoms with van der Waals surface area (Å²) in [6.45, 7) is 0. The van der Waals surface area contributed by atoms with E-state index in [0.29, 0.717) is 46.3 Å². The normalized spacial score (nSPS) is 13.8. The zero-order valence-corrected chi connectivity index (χ0v) is 16.0. The molecule has 29 heavy (non-hydrogen) atoms. The topological polar surface area (TPSA) is 86.5 Å². The Hall–Kier alpha value is -3.87. The van der Waals surface area contributed by atoms with Crippen LogP contribution < -0.4 is 5.32 Å². The van der Waals surface area contributed by atoms with Gasteiger partial charge in [-0.25, -0.2) is 4.98 Å². The number of aromatic nitrogens is 2. The second-order valence-corrected chi connectivity index (χ2v) is 6.27. The van der Waals surface area contributed by atoms with Crippen LogP contribution >= 0.6 is 0 Å². The monoisotopic (exact) mass is 389 g/mol. The summed E-state index contributed by atoms with van der Waals surface area (Å²) in [5.41, 5.74) is 3.05. The zero-order valence-electron chi connectivity index (χ0n) is 16.0. The lowest BCUT2D eigenvalue weighted by atomic mass is 10.1. The molecule has 146 valence electrons. The number of nitrogens with one attached hydrogen (secondary N) is 1. The van der Waals surface area contributed by atoms with E-state index in [0.717, 1.165) is 5.56 Å². The number of allylic oxidation sites excluding steroid dienone is 2.